The number of anilines is 1. The van der Waals surface area contributed by atoms with E-state index in [9.17, 15) is 14.4 Å². The Morgan fingerprint density at radius 2 is 2.00 bits per heavy atom. The van der Waals surface area contributed by atoms with E-state index in [1.165, 1.54) is 0 Å². The summed E-state index contributed by atoms with van der Waals surface area (Å²) in [5.74, 6) is 0.103. The van der Waals surface area contributed by atoms with E-state index >= 15 is 0 Å². The third-order valence-corrected chi connectivity index (χ3v) is 5.85. The van der Waals surface area contributed by atoms with Gasteiger partial charge < -0.3 is 15.1 Å². The standard InChI is InChI=1S/C19H24N4O3/c1-21-9-3-6-19(17(21)25)7-10-22(13-19)16(24)14-4-2-5-15(12-14)23-11-8-20-18(23)26/h2,4-5,12H,3,6-11,13H2,1H3,(H,20,26). The summed E-state index contributed by atoms with van der Waals surface area (Å²) in [6.07, 6.45) is 2.58. The van der Waals surface area contributed by atoms with Gasteiger partial charge in [0, 0.05) is 51.0 Å². The first-order valence-corrected chi connectivity index (χ1v) is 9.20. The van der Waals surface area contributed by atoms with E-state index in [0.717, 1.165) is 31.5 Å². The number of nitrogens with one attached hydrogen (secondary N) is 1. The van der Waals surface area contributed by atoms with Crippen LogP contribution < -0.4 is 10.2 Å². The maximum absolute atomic E-state index is 13.0. The van der Waals surface area contributed by atoms with Gasteiger partial charge in [0.1, 0.15) is 0 Å². The minimum atomic E-state index is -0.408. The zero-order valence-electron chi connectivity index (χ0n) is 15.0. The van der Waals surface area contributed by atoms with Crippen LogP contribution in [0.3, 0.4) is 0 Å². The highest BCUT2D eigenvalue weighted by atomic mass is 16.2. The molecule has 1 N–H and O–H groups in total. The molecule has 4 amide bonds. The van der Waals surface area contributed by atoms with E-state index in [1.807, 2.05) is 13.1 Å². The topological polar surface area (TPSA) is 73.0 Å². The second-order valence-corrected chi connectivity index (χ2v) is 7.52. The van der Waals surface area contributed by atoms with Crippen LogP contribution >= 0.6 is 0 Å². The molecule has 1 aromatic rings. The fraction of sp³-hybridized carbons (Fsp3) is 0.526. The number of nitrogens with zero attached hydrogens (tertiary/aromatic N) is 3. The molecule has 4 rings (SSSR count). The highest BCUT2D eigenvalue weighted by Gasteiger charge is 2.48. The summed E-state index contributed by atoms with van der Waals surface area (Å²) in [5, 5.41) is 2.77. The molecule has 3 aliphatic rings. The Bertz CT molecular complexity index is 765. The van der Waals surface area contributed by atoms with Gasteiger partial charge in [0.15, 0.2) is 0 Å². The molecular formula is C19H24N4O3. The van der Waals surface area contributed by atoms with Crippen molar-refractivity contribution in [2.45, 2.75) is 19.3 Å². The lowest BCUT2D eigenvalue weighted by Gasteiger charge is -2.37. The Morgan fingerprint density at radius 1 is 1.15 bits per heavy atom. The number of benzene rings is 1. The first-order valence-electron chi connectivity index (χ1n) is 9.20. The van der Waals surface area contributed by atoms with E-state index in [2.05, 4.69) is 5.32 Å². The zero-order chi connectivity index (χ0) is 18.3. The predicted molar refractivity (Wildman–Crippen MR) is 97.0 cm³/mol. The summed E-state index contributed by atoms with van der Waals surface area (Å²) < 4.78 is 0. The highest BCUT2D eigenvalue weighted by molar-refractivity contribution is 5.99. The van der Waals surface area contributed by atoms with Gasteiger partial charge in [0.2, 0.25) is 5.91 Å². The molecule has 1 aromatic carbocycles. The highest BCUT2D eigenvalue weighted by Crippen LogP contribution is 2.40. The molecule has 1 unspecified atom stereocenters. The molecule has 3 saturated heterocycles. The van der Waals surface area contributed by atoms with Crippen LogP contribution in [-0.4, -0.2) is 67.4 Å². The van der Waals surface area contributed by atoms with Crippen molar-refractivity contribution in [2.24, 2.45) is 5.41 Å². The van der Waals surface area contributed by atoms with Crippen LogP contribution in [0.2, 0.25) is 0 Å². The second-order valence-electron chi connectivity index (χ2n) is 7.52. The van der Waals surface area contributed by atoms with Crippen LogP contribution in [0.4, 0.5) is 10.5 Å². The maximum Gasteiger partial charge on any atom is 0.321 e. The summed E-state index contributed by atoms with van der Waals surface area (Å²) in [7, 11) is 1.85. The number of piperidine rings is 1. The Kier molecular flexibility index (Phi) is 4.09. The normalized spacial score (nSPS) is 26.0. The molecule has 0 bridgehead atoms. The number of carbonyl (C=O) groups excluding carboxylic acids is 3. The number of hydrogen-bond donors (Lipinski definition) is 1. The van der Waals surface area contributed by atoms with Crippen LogP contribution in [0.5, 0.6) is 0 Å². The fourth-order valence-electron chi connectivity index (χ4n) is 4.40. The van der Waals surface area contributed by atoms with Crippen LogP contribution in [0, 0.1) is 5.41 Å². The number of carbonyl (C=O) groups is 3. The molecule has 7 nitrogen and oxygen atoms in total. The van der Waals surface area contributed by atoms with Crippen molar-refractivity contribution in [2.75, 3.05) is 44.7 Å². The van der Waals surface area contributed by atoms with Gasteiger partial charge in [-0.05, 0) is 37.5 Å². The SMILES string of the molecule is CN1CCCC2(CCN(C(=O)c3cccc(N4CCNC4=O)c3)C2)C1=O. The third kappa shape index (κ3) is 2.71. The molecule has 3 fully saturated rings. The Morgan fingerprint density at radius 3 is 2.77 bits per heavy atom. The van der Waals surface area contributed by atoms with Gasteiger partial charge in [-0.15, -0.1) is 0 Å². The number of hydrogen-bond acceptors (Lipinski definition) is 3. The lowest BCUT2D eigenvalue weighted by molar-refractivity contribution is -0.143. The molecule has 0 saturated carbocycles. The van der Waals surface area contributed by atoms with Crippen molar-refractivity contribution in [3.63, 3.8) is 0 Å². The fourth-order valence-corrected chi connectivity index (χ4v) is 4.40. The van der Waals surface area contributed by atoms with Gasteiger partial charge in [-0.1, -0.05) is 6.07 Å². The van der Waals surface area contributed by atoms with Crippen LogP contribution in [0.1, 0.15) is 29.6 Å². The molecule has 3 aliphatic heterocycles. The molecule has 7 heteroatoms. The average molecular weight is 356 g/mol. The number of rotatable bonds is 2. The van der Waals surface area contributed by atoms with E-state index in [0.29, 0.717) is 31.7 Å². The number of amides is 4. The van der Waals surface area contributed by atoms with Crippen LogP contribution in [0.25, 0.3) is 0 Å². The summed E-state index contributed by atoms with van der Waals surface area (Å²) >= 11 is 0. The van der Waals surface area contributed by atoms with E-state index in [1.54, 1.807) is 32.9 Å². The first kappa shape index (κ1) is 16.9. The van der Waals surface area contributed by atoms with E-state index < -0.39 is 5.41 Å². The minimum absolute atomic E-state index is 0.0654. The summed E-state index contributed by atoms with van der Waals surface area (Å²) in [5.41, 5.74) is 0.888. The molecule has 1 spiro atoms. The predicted octanol–water partition coefficient (Wildman–Crippen LogP) is 1.30. The van der Waals surface area contributed by atoms with Gasteiger partial charge in [-0.2, -0.15) is 0 Å². The van der Waals surface area contributed by atoms with Gasteiger partial charge in [0.05, 0.1) is 5.41 Å². The lowest BCUT2D eigenvalue weighted by atomic mass is 9.78. The van der Waals surface area contributed by atoms with Gasteiger partial charge in [0.25, 0.3) is 5.91 Å². The summed E-state index contributed by atoms with van der Waals surface area (Å²) in [6.45, 7) is 3.11. The first-order chi connectivity index (χ1) is 12.5. The Balaban J connectivity index is 1.52. The molecule has 26 heavy (non-hydrogen) atoms. The van der Waals surface area contributed by atoms with Crippen molar-refractivity contribution in [3.8, 4) is 0 Å². The number of likely N-dealkylation sites (tertiary alicyclic amines) is 2. The monoisotopic (exact) mass is 356 g/mol. The van der Waals surface area contributed by atoms with Crippen molar-refractivity contribution >= 4 is 23.5 Å². The molecule has 0 aromatic heterocycles. The van der Waals surface area contributed by atoms with Crippen molar-refractivity contribution in [3.05, 3.63) is 29.8 Å². The smallest absolute Gasteiger partial charge is 0.321 e. The zero-order valence-corrected chi connectivity index (χ0v) is 15.0. The molecule has 0 radical (unpaired) electrons. The molecule has 138 valence electrons. The molecule has 0 aliphatic carbocycles. The summed E-state index contributed by atoms with van der Waals surface area (Å²) in [4.78, 5) is 42.7. The average Bonchev–Trinajstić information content (AvgIpc) is 3.26. The van der Waals surface area contributed by atoms with Gasteiger partial charge in [-0.3, -0.25) is 14.5 Å². The quantitative estimate of drug-likeness (QED) is 0.868. The van der Waals surface area contributed by atoms with Crippen molar-refractivity contribution in [1.29, 1.82) is 0 Å². The summed E-state index contributed by atoms with van der Waals surface area (Å²) in [6, 6.07) is 7.06. The second kappa shape index (κ2) is 6.30. The minimum Gasteiger partial charge on any atom is -0.345 e. The van der Waals surface area contributed by atoms with Crippen molar-refractivity contribution < 1.29 is 14.4 Å². The van der Waals surface area contributed by atoms with Crippen LogP contribution in [0.15, 0.2) is 24.3 Å². The molecular weight excluding hydrogens is 332 g/mol. The Labute approximate surface area is 152 Å². The van der Waals surface area contributed by atoms with Crippen LogP contribution in [-0.2, 0) is 4.79 Å². The number of urea groups is 1. The maximum atomic E-state index is 13.0. The van der Waals surface area contributed by atoms with Crippen molar-refractivity contribution in [1.82, 2.24) is 15.1 Å². The lowest BCUT2D eigenvalue weighted by Crippen LogP contribution is -2.48. The van der Waals surface area contributed by atoms with E-state index in [4.69, 9.17) is 0 Å². The Hall–Kier alpha value is -2.57. The van der Waals surface area contributed by atoms with E-state index in [-0.39, 0.29) is 17.8 Å². The van der Waals surface area contributed by atoms with Gasteiger partial charge in [-0.25, -0.2) is 4.79 Å². The largest absolute Gasteiger partial charge is 0.345 e. The van der Waals surface area contributed by atoms with Gasteiger partial charge >= 0.3 is 6.03 Å². The molecule has 3 heterocycles. The molecule has 1 atom stereocenters. The third-order valence-electron chi connectivity index (χ3n) is 5.85.